The fraction of sp³-hybridized carbons (Fsp3) is 0.194. The van der Waals surface area contributed by atoms with Crippen LogP contribution in [0.3, 0.4) is 0 Å². The molecule has 4 nitrogen and oxygen atoms in total. The number of carbonyl (C=O) groups is 1. The molecule has 1 unspecified atom stereocenters. The average Bonchev–Trinajstić information content (AvgIpc) is 2.88. The van der Waals surface area contributed by atoms with Gasteiger partial charge in [0.2, 0.25) is 0 Å². The Labute approximate surface area is 205 Å². The molecule has 172 valence electrons. The van der Waals surface area contributed by atoms with Crippen molar-refractivity contribution in [3.05, 3.63) is 114 Å². The normalized spacial score (nSPS) is 16.7. The first-order chi connectivity index (χ1) is 17.0. The topological polar surface area (TPSA) is 54.9 Å². The lowest BCUT2D eigenvalue weighted by atomic mass is 9.63. The third kappa shape index (κ3) is 3.85. The van der Waals surface area contributed by atoms with Crippen molar-refractivity contribution >= 4 is 33.1 Å². The van der Waals surface area contributed by atoms with Crippen LogP contribution in [0.2, 0.25) is 0 Å². The number of hydrogen-bond donors (Lipinski definition) is 1. The molecule has 0 aliphatic heterocycles. The minimum atomic E-state index is -0.248. The van der Waals surface area contributed by atoms with Crippen molar-refractivity contribution in [2.24, 2.45) is 5.41 Å². The quantitative estimate of drug-likeness (QED) is 0.298. The summed E-state index contributed by atoms with van der Waals surface area (Å²) in [5.74, 6) is 0.100. The van der Waals surface area contributed by atoms with Crippen LogP contribution in [0.5, 0.6) is 0 Å². The van der Waals surface area contributed by atoms with Crippen LogP contribution in [0.25, 0.3) is 21.5 Å². The van der Waals surface area contributed by atoms with Crippen LogP contribution >= 0.6 is 0 Å². The highest BCUT2D eigenvalue weighted by Crippen LogP contribution is 2.48. The lowest BCUT2D eigenvalue weighted by Gasteiger charge is -2.41. The largest absolute Gasteiger partial charge is 0.321 e. The summed E-state index contributed by atoms with van der Waals surface area (Å²) in [5, 5.41) is 8.30. The van der Waals surface area contributed by atoms with Gasteiger partial charge >= 0.3 is 0 Å². The third-order valence-corrected chi connectivity index (χ3v) is 7.48. The predicted molar refractivity (Wildman–Crippen MR) is 142 cm³/mol. The summed E-state index contributed by atoms with van der Waals surface area (Å²) in [6.45, 7) is 4.73. The molecular weight excluding hydrogens is 430 g/mol. The molecule has 0 saturated carbocycles. The summed E-state index contributed by atoms with van der Waals surface area (Å²) in [5.41, 5.74) is 5.30. The second kappa shape index (κ2) is 8.31. The molecule has 1 aromatic heterocycles. The van der Waals surface area contributed by atoms with Gasteiger partial charge in [-0.3, -0.25) is 9.78 Å². The van der Waals surface area contributed by atoms with Crippen LogP contribution < -0.4 is 5.32 Å². The molecular formula is C31H27N3O. The summed E-state index contributed by atoms with van der Waals surface area (Å²) < 4.78 is 0. The highest BCUT2D eigenvalue weighted by Gasteiger charge is 2.36. The maximum Gasteiger partial charge on any atom is 0.275 e. The lowest BCUT2D eigenvalue weighted by Crippen LogP contribution is -2.31. The molecule has 0 spiro atoms. The first-order valence-corrected chi connectivity index (χ1v) is 12.1. The Kier molecular flexibility index (Phi) is 5.10. The number of aromatic nitrogens is 2. The van der Waals surface area contributed by atoms with E-state index in [1.807, 2.05) is 12.1 Å². The van der Waals surface area contributed by atoms with Crippen molar-refractivity contribution in [3.63, 3.8) is 0 Å². The van der Waals surface area contributed by atoms with Crippen LogP contribution in [0.1, 0.15) is 46.9 Å². The first-order valence-electron chi connectivity index (χ1n) is 12.1. The Hall–Kier alpha value is -4.05. The maximum atomic E-state index is 12.6. The molecule has 1 aliphatic rings. The number of nitrogens with one attached hydrogen (secondary N) is 1. The van der Waals surface area contributed by atoms with Gasteiger partial charge in [0, 0.05) is 18.1 Å². The summed E-state index contributed by atoms with van der Waals surface area (Å²) in [7, 11) is 0. The van der Waals surface area contributed by atoms with Gasteiger partial charge in [-0.2, -0.15) is 0 Å². The number of fused-ring (bicyclic) bond motifs is 5. The van der Waals surface area contributed by atoms with Crippen LogP contribution in [0, 0.1) is 5.41 Å². The Morgan fingerprint density at radius 3 is 2.63 bits per heavy atom. The van der Waals surface area contributed by atoms with Crippen LogP contribution in [0.15, 0.2) is 91.4 Å². The molecule has 0 saturated heterocycles. The fourth-order valence-electron chi connectivity index (χ4n) is 5.68. The van der Waals surface area contributed by atoms with Gasteiger partial charge in [0.1, 0.15) is 5.69 Å². The van der Waals surface area contributed by atoms with Crippen molar-refractivity contribution < 1.29 is 4.79 Å². The van der Waals surface area contributed by atoms with Gasteiger partial charge in [0.05, 0.1) is 6.20 Å². The molecule has 4 aromatic carbocycles. The molecule has 1 heterocycles. The summed E-state index contributed by atoms with van der Waals surface area (Å²) in [6.07, 6.45) is 6.56. The Morgan fingerprint density at radius 1 is 0.914 bits per heavy atom. The highest BCUT2D eigenvalue weighted by atomic mass is 16.1. The average molecular weight is 458 g/mol. The SMILES string of the molecule is CC1(C)Cc2c(ccc3c2ccc2ccccc23)CC1c1cccc(NC(=O)c2cnccn2)c1. The molecule has 6 rings (SSSR count). The Balaban J connectivity index is 1.35. The van der Waals surface area contributed by atoms with E-state index in [1.54, 1.807) is 6.20 Å². The van der Waals surface area contributed by atoms with E-state index in [2.05, 4.69) is 89.8 Å². The smallest absolute Gasteiger partial charge is 0.275 e. The fourth-order valence-corrected chi connectivity index (χ4v) is 5.68. The number of carbonyl (C=O) groups excluding carboxylic acids is 1. The van der Waals surface area contributed by atoms with E-state index in [1.165, 1.54) is 50.6 Å². The molecule has 1 atom stereocenters. The summed E-state index contributed by atoms with van der Waals surface area (Å²) in [4.78, 5) is 20.7. The molecule has 0 fully saturated rings. The zero-order chi connectivity index (χ0) is 24.0. The number of anilines is 1. The van der Waals surface area contributed by atoms with Crippen molar-refractivity contribution in [1.29, 1.82) is 0 Å². The zero-order valence-corrected chi connectivity index (χ0v) is 20.0. The van der Waals surface area contributed by atoms with Gasteiger partial charge in [0.25, 0.3) is 5.91 Å². The molecule has 4 heteroatoms. The Bertz CT molecular complexity index is 1570. The maximum absolute atomic E-state index is 12.6. The second-order valence-electron chi connectivity index (χ2n) is 10.2. The zero-order valence-electron chi connectivity index (χ0n) is 20.0. The molecule has 35 heavy (non-hydrogen) atoms. The van der Waals surface area contributed by atoms with Gasteiger partial charge in [-0.15, -0.1) is 0 Å². The minimum Gasteiger partial charge on any atom is -0.321 e. The monoisotopic (exact) mass is 457 g/mol. The van der Waals surface area contributed by atoms with E-state index in [-0.39, 0.29) is 11.3 Å². The molecule has 1 amide bonds. The number of rotatable bonds is 3. The van der Waals surface area contributed by atoms with E-state index in [0.717, 1.165) is 18.5 Å². The lowest BCUT2D eigenvalue weighted by molar-refractivity contribution is 0.102. The standard InChI is InChI=1S/C31H27N3O/c1-31(2)18-27-21(11-13-25-24-9-4-3-6-20(24)10-12-26(25)27)17-28(31)22-7-5-8-23(16-22)34-30(35)29-19-32-14-15-33-29/h3-16,19,28H,17-18H2,1-2H3,(H,34,35). The number of nitrogens with zero attached hydrogens (tertiary/aromatic N) is 2. The predicted octanol–water partition coefficient (Wildman–Crippen LogP) is 6.94. The van der Waals surface area contributed by atoms with Crippen molar-refractivity contribution in [1.82, 2.24) is 9.97 Å². The van der Waals surface area contributed by atoms with Crippen LogP contribution in [0.4, 0.5) is 5.69 Å². The van der Waals surface area contributed by atoms with Gasteiger partial charge < -0.3 is 5.32 Å². The van der Waals surface area contributed by atoms with E-state index < -0.39 is 0 Å². The molecule has 1 N–H and O–H groups in total. The summed E-state index contributed by atoms with van der Waals surface area (Å²) >= 11 is 0. The van der Waals surface area contributed by atoms with E-state index >= 15 is 0 Å². The number of hydrogen-bond acceptors (Lipinski definition) is 3. The molecule has 5 aromatic rings. The summed E-state index contributed by atoms with van der Waals surface area (Å²) in [6, 6.07) is 26.1. The Morgan fingerprint density at radius 2 is 1.77 bits per heavy atom. The first kappa shape index (κ1) is 21.5. The van der Waals surface area contributed by atoms with Gasteiger partial charge in [0.15, 0.2) is 0 Å². The van der Waals surface area contributed by atoms with Gasteiger partial charge in [-0.05, 0) is 74.5 Å². The number of benzene rings is 4. The molecule has 0 bridgehead atoms. The van der Waals surface area contributed by atoms with E-state index in [9.17, 15) is 4.79 Å². The van der Waals surface area contributed by atoms with Gasteiger partial charge in [-0.1, -0.05) is 74.5 Å². The van der Waals surface area contributed by atoms with E-state index in [4.69, 9.17) is 0 Å². The molecule has 0 radical (unpaired) electrons. The molecule has 1 aliphatic carbocycles. The van der Waals surface area contributed by atoms with Crippen molar-refractivity contribution in [2.45, 2.75) is 32.6 Å². The van der Waals surface area contributed by atoms with Crippen LogP contribution in [-0.2, 0) is 12.8 Å². The van der Waals surface area contributed by atoms with Crippen LogP contribution in [-0.4, -0.2) is 15.9 Å². The van der Waals surface area contributed by atoms with E-state index in [0.29, 0.717) is 11.6 Å². The minimum absolute atomic E-state index is 0.0699. The van der Waals surface area contributed by atoms with Crippen molar-refractivity contribution in [3.8, 4) is 0 Å². The third-order valence-electron chi connectivity index (χ3n) is 7.48. The highest BCUT2D eigenvalue weighted by molar-refractivity contribution is 6.08. The number of amides is 1. The second-order valence-corrected chi connectivity index (χ2v) is 10.2. The van der Waals surface area contributed by atoms with Gasteiger partial charge in [-0.25, -0.2) is 4.98 Å². The van der Waals surface area contributed by atoms with Crippen molar-refractivity contribution in [2.75, 3.05) is 5.32 Å².